The molecule has 0 saturated heterocycles. The molecule has 0 aliphatic rings. The van der Waals surface area contributed by atoms with E-state index < -0.39 is 29.1 Å². The summed E-state index contributed by atoms with van der Waals surface area (Å²) in [5.74, 6) is -2.90. The summed E-state index contributed by atoms with van der Waals surface area (Å²) in [4.78, 5) is 0. The molecule has 1 heterocycles. The SMILES string of the molecule is NC(c1occc1Br)c1c(F)cc(F)cc1F. The molecule has 0 aliphatic carbocycles. The van der Waals surface area contributed by atoms with Crippen LogP contribution >= 0.6 is 15.9 Å². The van der Waals surface area contributed by atoms with E-state index >= 15 is 0 Å². The van der Waals surface area contributed by atoms with Gasteiger partial charge in [0.15, 0.2) is 0 Å². The molecule has 1 aromatic carbocycles. The smallest absolute Gasteiger partial charge is 0.139 e. The monoisotopic (exact) mass is 305 g/mol. The summed E-state index contributed by atoms with van der Waals surface area (Å²) in [6, 6.07) is 1.57. The van der Waals surface area contributed by atoms with Crippen molar-refractivity contribution < 1.29 is 17.6 Å². The van der Waals surface area contributed by atoms with Crippen LogP contribution in [0.3, 0.4) is 0 Å². The van der Waals surface area contributed by atoms with Crippen LogP contribution in [0.1, 0.15) is 17.4 Å². The van der Waals surface area contributed by atoms with E-state index in [2.05, 4.69) is 15.9 Å². The summed E-state index contributed by atoms with van der Waals surface area (Å²) < 4.78 is 45.2. The fraction of sp³-hybridized carbons (Fsp3) is 0.0909. The lowest BCUT2D eigenvalue weighted by Gasteiger charge is -2.12. The first-order valence-corrected chi connectivity index (χ1v) is 5.43. The van der Waals surface area contributed by atoms with E-state index in [1.807, 2.05) is 0 Å². The second-order valence-electron chi connectivity index (χ2n) is 3.39. The van der Waals surface area contributed by atoms with E-state index in [1.54, 1.807) is 6.07 Å². The van der Waals surface area contributed by atoms with E-state index in [0.29, 0.717) is 16.6 Å². The fourth-order valence-corrected chi connectivity index (χ4v) is 1.96. The van der Waals surface area contributed by atoms with Crippen LogP contribution in [0.25, 0.3) is 0 Å². The highest BCUT2D eigenvalue weighted by atomic mass is 79.9. The first-order valence-electron chi connectivity index (χ1n) is 4.63. The quantitative estimate of drug-likeness (QED) is 0.922. The van der Waals surface area contributed by atoms with Gasteiger partial charge in [0.25, 0.3) is 0 Å². The van der Waals surface area contributed by atoms with Crippen molar-refractivity contribution in [3.8, 4) is 0 Å². The molecule has 2 rings (SSSR count). The molecule has 0 saturated carbocycles. The van der Waals surface area contributed by atoms with Crippen LogP contribution in [0.2, 0.25) is 0 Å². The van der Waals surface area contributed by atoms with Crippen LogP contribution < -0.4 is 5.73 Å². The Morgan fingerprint density at radius 1 is 1.18 bits per heavy atom. The minimum Gasteiger partial charge on any atom is -0.466 e. The number of benzene rings is 1. The molecule has 0 fully saturated rings. The summed E-state index contributed by atoms with van der Waals surface area (Å²) >= 11 is 3.14. The van der Waals surface area contributed by atoms with Crippen molar-refractivity contribution in [1.82, 2.24) is 0 Å². The van der Waals surface area contributed by atoms with E-state index in [4.69, 9.17) is 10.2 Å². The Bertz CT molecular complexity index is 532. The van der Waals surface area contributed by atoms with E-state index in [0.717, 1.165) is 0 Å². The van der Waals surface area contributed by atoms with Crippen LogP contribution in [0.4, 0.5) is 13.2 Å². The van der Waals surface area contributed by atoms with Crippen LogP contribution in [0.5, 0.6) is 0 Å². The number of rotatable bonds is 2. The Hall–Kier alpha value is -1.27. The highest BCUT2D eigenvalue weighted by Gasteiger charge is 2.23. The zero-order valence-corrected chi connectivity index (χ0v) is 9.97. The van der Waals surface area contributed by atoms with Gasteiger partial charge >= 0.3 is 0 Å². The molecule has 2 nitrogen and oxygen atoms in total. The Balaban J connectivity index is 2.51. The Morgan fingerprint density at radius 3 is 2.24 bits per heavy atom. The van der Waals surface area contributed by atoms with Crippen molar-refractivity contribution in [1.29, 1.82) is 0 Å². The Morgan fingerprint density at radius 2 is 1.76 bits per heavy atom. The van der Waals surface area contributed by atoms with Crippen molar-refractivity contribution in [3.63, 3.8) is 0 Å². The molecule has 0 spiro atoms. The summed E-state index contributed by atoms with van der Waals surface area (Å²) in [6.07, 6.45) is 1.33. The molecule has 0 bridgehead atoms. The van der Waals surface area contributed by atoms with E-state index in [1.165, 1.54) is 6.26 Å². The normalized spacial score (nSPS) is 12.8. The van der Waals surface area contributed by atoms with Gasteiger partial charge in [-0.2, -0.15) is 0 Å². The first kappa shape index (κ1) is 12.2. The van der Waals surface area contributed by atoms with Gasteiger partial charge in [0, 0.05) is 17.7 Å². The van der Waals surface area contributed by atoms with Crippen LogP contribution in [-0.2, 0) is 0 Å². The van der Waals surface area contributed by atoms with Gasteiger partial charge in [0.05, 0.1) is 16.8 Å². The number of furan rings is 1. The van der Waals surface area contributed by atoms with Crippen molar-refractivity contribution >= 4 is 15.9 Å². The number of halogens is 4. The zero-order valence-electron chi connectivity index (χ0n) is 8.38. The predicted octanol–water partition coefficient (Wildman–Crippen LogP) is 3.51. The fourth-order valence-electron chi connectivity index (χ4n) is 1.51. The number of hydrogen-bond acceptors (Lipinski definition) is 2. The van der Waals surface area contributed by atoms with Crippen molar-refractivity contribution in [3.05, 3.63) is 57.7 Å². The molecule has 90 valence electrons. The van der Waals surface area contributed by atoms with Crippen LogP contribution in [0, 0.1) is 17.5 Å². The summed E-state index contributed by atoms with van der Waals surface area (Å²) in [5, 5.41) is 0. The van der Waals surface area contributed by atoms with Gasteiger partial charge in [-0.1, -0.05) is 0 Å². The largest absolute Gasteiger partial charge is 0.466 e. The topological polar surface area (TPSA) is 39.2 Å². The second-order valence-corrected chi connectivity index (χ2v) is 4.25. The number of nitrogens with two attached hydrogens (primary N) is 1. The molecule has 2 aromatic rings. The van der Waals surface area contributed by atoms with Crippen molar-refractivity contribution in [2.75, 3.05) is 0 Å². The summed E-state index contributed by atoms with van der Waals surface area (Å²) in [7, 11) is 0. The van der Waals surface area contributed by atoms with Crippen LogP contribution in [-0.4, -0.2) is 0 Å². The average molecular weight is 306 g/mol. The molecule has 0 radical (unpaired) electrons. The maximum absolute atomic E-state index is 13.5. The molecule has 1 atom stereocenters. The van der Waals surface area contributed by atoms with Crippen LogP contribution in [0.15, 0.2) is 33.4 Å². The maximum atomic E-state index is 13.5. The molecular formula is C11H7BrF3NO. The summed E-state index contributed by atoms with van der Waals surface area (Å²) in [6.45, 7) is 0. The minimum atomic E-state index is -1.14. The molecule has 6 heteroatoms. The van der Waals surface area contributed by atoms with Gasteiger partial charge < -0.3 is 10.2 Å². The maximum Gasteiger partial charge on any atom is 0.139 e. The van der Waals surface area contributed by atoms with Gasteiger partial charge in [0.1, 0.15) is 23.2 Å². The lowest BCUT2D eigenvalue weighted by atomic mass is 10.0. The van der Waals surface area contributed by atoms with Gasteiger partial charge in [-0.05, 0) is 22.0 Å². The third-order valence-corrected chi connectivity index (χ3v) is 2.94. The number of hydrogen-bond donors (Lipinski definition) is 1. The Labute approximate surface area is 103 Å². The van der Waals surface area contributed by atoms with E-state index in [-0.39, 0.29) is 5.76 Å². The zero-order chi connectivity index (χ0) is 12.6. The van der Waals surface area contributed by atoms with Crippen molar-refractivity contribution in [2.45, 2.75) is 6.04 Å². The molecule has 17 heavy (non-hydrogen) atoms. The third-order valence-electron chi connectivity index (χ3n) is 2.28. The molecule has 0 aliphatic heterocycles. The highest BCUT2D eigenvalue weighted by Crippen LogP contribution is 2.30. The molecule has 0 amide bonds. The van der Waals surface area contributed by atoms with E-state index in [9.17, 15) is 13.2 Å². The standard InChI is InChI=1S/C11H7BrF3NO/c12-6-1-2-17-11(6)10(16)9-7(14)3-5(13)4-8(9)15/h1-4,10H,16H2. The molecule has 1 aromatic heterocycles. The highest BCUT2D eigenvalue weighted by molar-refractivity contribution is 9.10. The Kier molecular flexibility index (Phi) is 3.26. The molecule has 1 unspecified atom stereocenters. The van der Waals surface area contributed by atoms with Gasteiger partial charge in [-0.3, -0.25) is 0 Å². The lowest BCUT2D eigenvalue weighted by molar-refractivity contribution is 0.458. The molecule has 2 N–H and O–H groups in total. The second kappa shape index (κ2) is 4.54. The predicted molar refractivity (Wildman–Crippen MR) is 58.8 cm³/mol. The van der Waals surface area contributed by atoms with Gasteiger partial charge in [-0.25, -0.2) is 13.2 Å². The molecular weight excluding hydrogens is 299 g/mol. The third kappa shape index (κ3) is 2.23. The van der Waals surface area contributed by atoms with Crippen molar-refractivity contribution in [2.24, 2.45) is 5.73 Å². The summed E-state index contributed by atoms with van der Waals surface area (Å²) in [5.41, 5.74) is 5.26. The average Bonchev–Trinajstić information content (AvgIpc) is 2.62. The minimum absolute atomic E-state index is 0.175. The lowest BCUT2D eigenvalue weighted by Crippen LogP contribution is -2.15. The first-order chi connectivity index (χ1) is 8.00. The van der Waals surface area contributed by atoms with Gasteiger partial charge in [-0.15, -0.1) is 0 Å². The van der Waals surface area contributed by atoms with Gasteiger partial charge in [0.2, 0.25) is 0 Å².